The van der Waals surface area contributed by atoms with E-state index in [2.05, 4.69) is 22.4 Å². The number of anilines is 1. The smallest absolute Gasteiger partial charge is 0.411 e. The van der Waals surface area contributed by atoms with E-state index in [4.69, 9.17) is 4.74 Å². The predicted octanol–water partition coefficient (Wildman–Crippen LogP) is 5.29. The minimum absolute atomic E-state index is 0.0419. The molecule has 5 rings (SSSR count). The highest BCUT2D eigenvalue weighted by molar-refractivity contribution is 6.08. The Kier molecular flexibility index (Phi) is 4.59. The van der Waals surface area contributed by atoms with E-state index in [-0.39, 0.29) is 23.8 Å². The van der Waals surface area contributed by atoms with Crippen molar-refractivity contribution >= 4 is 28.7 Å². The molecule has 1 aliphatic rings. The van der Waals surface area contributed by atoms with Gasteiger partial charge in [0.25, 0.3) is 0 Å². The summed E-state index contributed by atoms with van der Waals surface area (Å²) in [6.07, 6.45) is 0.833. The van der Waals surface area contributed by atoms with Crippen LogP contribution in [-0.4, -0.2) is 28.8 Å². The number of nitrogens with zero attached hydrogens (tertiary/aromatic N) is 1. The van der Waals surface area contributed by atoms with Gasteiger partial charge in [-0.05, 0) is 34.4 Å². The first-order valence-electron chi connectivity index (χ1n) is 9.86. The van der Waals surface area contributed by atoms with Gasteiger partial charge in [-0.15, -0.1) is 0 Å². The molecule has 4 aromatic rings. The molecule has 2 N–H and O–H groups in total. The number of fused-ring (bicyclic) bond motifs is 4. The van der Waals surface area contributed by atoms with Crippen LogP contribution in [0, 0.1) is 0 Å². The van der Waals surface area contributed by atoms with E-state index in [9.17, 15) is 14.7 Å². The van der Waals surface area contributed by atoms with Gasteiger partial charge >= 0.3 is 12.1 Å². The van der Waals surface area contributed by atoms with Gasteiger partial charge in [-0.25, -0.2) is 9.59 Å². The molecule has 0 unspecified atom stereocenters. The summed E-state index contributed by atoms with van der Waals surface area (Å²) < 4.78 is 5.56. The first kappa shape index (κ1) is 18.8. The van der Waals surface area contributed by atoms with Gasteiger partial charge in [-0.2, -0.15) is 0 Å². The Bertz CT molecular complexity index is 1290. The largest absolute Gasteiger partial charge is 0.478 e. The molecule has 0 aliphatic heterocycles. The normalized spacial score (nSPS) is 12.3. The number of hydrogen-bond donors (Lipinski definition) is 2. The van der Waals surface area contributed by atoms with Crippen molar-refractivity contribution in [1.29, 1.82) is 0 Å². The Morgan fingerprint density at radius 1 is 0.903 bits per heavy atom. The lowest BCUT2D eigenvalue weighted by Gasteiger charge is -2.16. The Labute approximate surface area is 178 Å². The van der Waals surface area contributed by atoms with Crippen LogP contribution in [0.15, 0.2) is 79.0 Å². The van der Waals surface area contributed by atoms with Crippen LogP contribution in [0.25, 0.3) is 22.0 Å². The van der Waals surface area contributed by atoms with Gasteiger partial charge in [0.15, 0.2) is 0 Å². The summed E-state index contributed by atoms with van der Waals surface area (Å²) >= 11 is 0. The maximum Gasteiger partial charge on any atom is 0.411 e. The van der Waals surface area contributed by atoms with Crippen LogP contribution in [-0.2, 0) is 4.74 Å². The third-order valence-corrected chi connectivity index (χ3v) is 5.58. The summed E-state index contributed by atoms with van der Waals surface area (Å²) in [5.74, 6) is -1.23. The number of carboxylic acids is 1. The van der Waals surface area contributed by atoms with Crippen molar-refractivity contribution in [3.8, 4) is 11.1 Å². The van der Waals surface area contributed by atoms with Gasteiger partial charge in [-0.1, -0.05) is 60.7 Å². The molecule has 0 atom stereocenters. The van der Waals surface area contributed by atoms with Crippen LogP contribution < -0.4 is 5.32 Å². The van der Waals surface area contributed by atoms with Crippen LogP contribution in [0.2, 0.25) is 0 Å². The summed E-state index contributed by atoms with van der Waals surface area (Å²) in [7, 11) is 0. The number of nitrogens with one attached hydrogen (secondary N) is 1. The zero-order chi connectivity index (χ0) is 21.4. The molecule has 0 spiro atoms. The average Bonchev–Trinajstić information content (AvgIpc) is 3.11. The van der Waals surface area contributed by atoms with E-state index in [1.54, 1.807) is 24.4 Å². The minimum atomic E-state index is -1.15. The van der Waals surface area contributed by atoms with E-state index in [1.165, 1.54) is 6.07 Å². The van der Waals surface area contributed by atoms with Crippen molar-refractivity contribution in [2.75, 3.05) is 11.9 Å². The molecule has 1 heterocycles. The minimum Gasteiger partial charge on any atom is -0.478 e. The SMILES string of the molecule is O=C(Nc1c(C(=O)O)ccc2cccnc12)OCC1c2ccccc2-c2ccccc21. The molecule has 31 heavy (non-hydrogen) atoms. The van der Waals surface area contributed by atoms with Gasteiger partial charge in [0.05, 0.1) is 16.8 Å². The number of ether oxygens (including phenoxy) is 1. The molecule has 6 heteroatoms. The molecule has 1 amide bonds. The highest BCUT2D eigenvalue weighted by atomic mass is 16.5. The Hall–Kier alpha value is -4.19. The quantitative estimate of drug-likeness (QED) is 0.477. The van der Waals surface area contributed by atoms with E-state index in [0.29, 0.717) is 5.52 Å². The summed E-state index contributed by atoms with van der Waals surface area (Å²) in [4.78, 5) is 28.6. The third kappa shape index (κ3) is 3.28. The number of carboxylic acid groups (broad SMARTS) is 1. The van der Waals surface area contributed by atoms with Crippen LogP contribution in [0.1, 0.15) is 27.4 Å². The predicted molar refractivity (Wildman–Crippen MR) is 117 cm³/mol. The van der Waals surface area contributed by atoms with Gasteiger partial charge < -0.3 is 9.84 Å². The van der Waals surface area contributed by atoms with Crippen molar-refractivity contribution in [3.63, 3.8) is 0 Å². The molecule has 0 saturated heterocycles. The molecular weight excluding hydrogens is 392 g/mol. The molecule has 152 valence electrons. The second-order valence-electron chi connectivity index (χ2n) is 7.32. The highest BCUT2D eigenvalue weighted by Crippen LogP contribution is 2.44. The number of pyridine rings is 1. The van der Waals surface area contributed by atoms with Gasteiger partial charge in [-0.3, -0.25) is 10.3 Å². The first-order valence-corrected chi connectivity index (χ1v) is 9.86. The topological polar surface area (TPSA) is 88.5 Å². The molecule has 0 bridgehead atoms. The lowest BCUT2D eigenvalue weighted by molar-refractivity contribution is 0.0698. The molecule has 6 nitrogen and oxygen atoms in total. The number of aromatic nitrogens is 1. The fraction of sp³-hybridized carbons (Fsp3) is 0.0800. The molecule has 0 radical (unpaired) electrons. The summed E-state index contributed by atoms with van der Waals surface area (Å²) in [5, 5.41) is 12.9. The second-order valence-corrected chi connectivity index (χ2v) is 7.32. The van der Waals surface area contributed by atoms with Crippen LogP contribution >= 0.6 is 0 Å². The lowest BCUT2D eigenvalue weighted by atomic mass is 9.98. The number of amides is 1. The van der Waals surface area contributed by atoms with Crippen molar-refractivity contribution in [3.05, 3.63) is 95.7 Å². The molecular formula is C25H18N2O4. The maximum absolute atomic E-state index is 12.7. The molecule has 1 aromatic heterocycles. The average molecular weight is 410 g/mol. The zero-order valence-electron chi connectivity index (χ0n) is 16.4. The number of rotatable bonds is 4. The summed E-state index contributed by atoms with van der Waals surface area (Å²) in [6, 6.07) is 22.8. The Morgan fingerprint density at radius 2 is 1.58 bits per heavy atom. The number of carbonyl (C=O) groups excluding carboxylic acids is 1. The molecule has 0 fully saturated rings. The van der Waals surface area contributed by atoms with E-state index >= 15 is 0 Å². The van der Waals surface area contributed by atoms with Crippen molar-refractivity contribution in [1.82, 2.24) is 4.98 Å². The van der Waals surface area contributed by atoms with E-state index < -0.39 is 12.1 Å². The zero-order valence-corrected chi connectivity index (χ0v) is 16.4. The Morgan fingerprint density at radius 3 is 2.26 bits per heavy atom. The van der Waals surface area contributed by atoms with Crippen molar-refractivity contribution in [2.45, 2.75) is 5.92 Å². The van der Waals surface area contributed by atoms with E-state index in [0.717, 1.165) is 27.6 Å². The maximum atomic E-state index is 12.7. The third-order valence-electron chi connectivity index (χ3n) is 5.58. The van der Waals surface area contributed by atoms with Gasteiger partial charge in [0.2, 0.25) is 0 Å². The molecule has 0 saturated carbocycles. The molecule has 1 aliphatic carbocycles. The van der Waals surface area contributed by atoms with Gasteiger partial charge in [0, 0.05) is 17.5 Å². The highest BCUT2D eigenvalue weighted by Gasteiger charge is 2.29. The number of aromatic carboxylic acids is 1. The van der Waals surface area contributed by atoms with Crippen LogP contribution in [0.4, 0.5) is 10.5 Å². The number of benzene rings is 3. The Balaban J connectivity index is 1.41. The number of hydrogen-bond acceptors (Lipinski definition) is 4. The first-order chi connectivity index (χ1) is 15.1. The van der Waals surface area contributed by atoms with Crippen molar-refractivity contribution in [2.24, 2.45) is 0 Å². The van der Waals surface area contributed by atoms with E-state index in [1.807, 2.05) is 36.4 Å². The monoisotopic (exact) mass is 410 g/mol. The molecule has 3 aromatic carbocycles. The standard InChI is InChI=1S/C25H18N2O4/c28-24(29)20-12-11-15-6-5-13-26-22(15)23(20)27-25(30)31-14-21-18-9-3-1-7-16(18)17-8-2-4-10-19(17)21/h1-13,21H,14H2,(H,27,30)(H,28,29). The fourth-order valence-corrected chi connectivity index (χ4v) is 4.19. The summed E-state index contributed by atoms with van der Waals surface area (Å²) in [5.41, 5.74) is 4.97. The van der Waals surface area contributed by atoms with Gasteiger partial charge in [0.1, 0.15) is 6.61 Å². The lowest BCUT2D eigenvalue weighted by Crippen LogP contribution is -2.19. The van der Waals surface area contributed by atoms with Crippen LogP contribution in [0.3, 0.4) is 0 Å². The van der Waals surface area contributed by atoms with Crippen molar-refractivity contribution < 1.29 is 19.4 Å². The summed E-state index contributed by atoms with van der Waals surface area (Å²) in [6.45, 7) is 0.139. The fourth-order valence-electron chi connectivity index (χ4n) is 4.19. The number of carbonyl (C=O) groups is 2. The second kappa shape index (κ2) is 7.57. The van der Waals surface area contributed by atoms with Crippen LogP contribution in [0.5, 0.6) is 0 Å².